The Morgan fingerprint density at radius 1 is 1.55 bits per heavy atom. The molecule has 3 saturated heterocycles. The first-order valence-electron chi connectivity index (χ1n) is 3.60. The van der Waals surface area contributed by atoms with Gasteiger partial charge in [-0.15, -0.1) is 35.3 Å². The minimum absolute atomic E-state index is 0.520. The van der Waals surface area contributed by atoms with Gasteiger partial charge in [0, 0.05) is 5.08 Å². The van der Waals surface area contributed by atoms with E-state index in [-0.39, 0.29) is 0 Å². The van der Waals surface area contributed by atoms with E-state index >= 15 is 0 Å². The Kier molecular flexibility index (Phi) is 3.27. The molecule has 0 radical (unpaired) electrons. The monoisotopic (exact) mass is 242 g/mol. The van der Waals surface area contributed by atoms with Gasteiger partial charge in [0.05, 0.1) is 0 Å². The molecule has 64 valence electrons. The second-order valence-electron chi connectivity index (χ2n) is 2.30. The van der Waals surface area contributed by atoms with Crippen molar-refractivity contribution in [3.8, 4) is 0 Å². The second kappa shape index (κ2) is 3.86. The predicted molar refractivity (Wildman–Crippen MR) is 64.5 cm³/mol. The molecule has 3 aliphatic heterocycles. The van der Waals surface area contributed by atoms with Gasteiger partial charge in [-0.05, 0) is 12.2 Å². The van der Waals surface area contributed by atoms with Crippen molar-refractivity contribution in [1.29, 1.82) is 0 Å². The van der Waals surface area contributed by atoms with Crippen LogP contribution in [0.3, 0.4) is 0 Å². The van der Waals surface area contributed by atoms with Gasteiger partial charge in [0.25, 0.3) is 0 Å². The van der Waals surface area contributed by atoms with Crippen molar-refractivity contribution in [3.05, 3.63) is 0 Å². The van der Waals surface area contributed by atoms with Crippen molar-refractivity contribution >= 4 is 58.8 Å². The molecule has 0 N–H and O–H groups in total. The molecule has 0 amide bonds. The summed E-state index contributed by atoms with van der Waals surface area (Å²) in [7, 11) is 0. The molecule has 3 aliphatic rings. The van der Waals surface area contributed by atoms with E-state index < -0.39 is 0 Å². The summed E-state index contributed by atoms with van der Waals surface area (Å²) in [6, 6.07) is 0. The number of thioether (sulfide) groups is 5. The molecular formula is C6H10S5. The van der Waals surface area contributed by atoms with E-state index in [0.717, 1.165) is 3.91 Å². The van der Waals surface area contributed by atoms with Gasteiger partial charge in [-0.25, -0.2) is 0 Å². The molecule has 0 aromatic rings. The van der Waals surface area contributed by atoms with E-state index in [4.69, 9.17) is 0 Å². The number of hydrogen-bond acceptors (Lipinski definition) is 5. The summed E-state index contributed by atoms with van der Waals surface area (Å²) in [5.74, 6) is 1.32. The van der Waals surface area contributed by atoms with E-state index in [1.807, 2.05) is 0 Å². The van der Waals surface area contributed by atoms with Crippen molar-refractivity contribution in [2.75, 3.05) is 10.8 Å². The minimum Gasteiger partial charge on any atom is -0.125 e. The van der Waals surface area contributed by atoms with Crippen molar-refractivity contribution < 1.29 is 0 Å². The Bertz CT molecular complexity index is 136. The highest BCUT2D eigenvalue weighted by Crippen LogP contribution is 2.75. The van der Waals surface area contributed by atoms with Gasteiger partial charge in [-0.3, -0.25) is 0 Å². The molecule has 0 saturated carbocycles. The van der Waals surface area contributed by atoms with Crippen LogP contribution in [-0.2, 0) is 0 Å². The van der Waals surface area contributed by atoms with Gasteiger partial charge in [-0.2, -0.15) is 0 Å². The van der Waals surface area contributed by atoms with Crippen molar-refractivity contribution in [2.24, 2.45) is 0 Å². The SMILES string of the molecule is CCCSC12SCSC(S1)S2. The summed E-state index contributed by atoms with van der Waals surface area (Å²) in [5.41, 5.74) is 0. The van der Waals surface area contributed by atoms with Gasteiger partial charge < -0.3 is 0 Å². The van der Waals surface area contributed by atoms with Crippen LogP contribution >= 0.6 is 58.8 Å². The molecule has 0 atom stereocenters. The smallest absolute Gasteiger partial charge is 0.125 e. The van der Waals surface area contributed by atoms with Crippen LogP contribution in [0.15, 0.2) is 0 Å². The van der Waals surface area contributed by atoms with Gasteiger partial charge in [0.1, 0.15) is 3.91 Å². The van der Waals surface area contributed by atoms with Crippen molar-refractivity contribution in [3.63, 3.8) is 0 Å². The van der Waals surface area contributed by atoms with Crippen LogP contribution < -0.4 is 0 Å². The average molecular weight is 242 g/mol. The van der Waals surface area contributed by atoms with Gasteiger partial charge in [0.15, 0.2) is 2.74 Å². The van der Waals surface area contributed by atoms with E-state index in [2.05, 4.69) is 65.7 Å². The molecule has 3 fully saturated rings. The largest absolute Gasteiger partial charge is 0.158 e. The molecule has 2 bridgehead atoms. The van der Waals surface area contributed by atoms with Crippen LogP contribution in [0.5, 0.6) is 0 Å². The molecule has 11 heavy (non-hydrogen) atoms. The minimum atomic E-state index is 0.520. The zero-order chi connectivity index (χ0) is 7.73. The molecular weight excluding hydrogens is 232 g/mol. The Labute approximate surface area is 89.2 Å². The summed E-state index contributed by atoms with van der Waals surface area (Å²) < 4.78 is 1.38. The van der Waals surface area contributed by atoms with E-state index in [1.165, 1.54) is 17.3 Å². The number of fused-ring (bicyclic) bond motifs is 2. The Morgan fingerprint density at radius 3 is 2.91 bits per heavy atom. The molecule has 0 aromatic heterocycles. The highest BCUT2D eigenvalue weighted by molar-refractivity contribution is 8.64. The first-order valence-corrected chi connectivity index (χ1v) is 8.38. The molecule has 0 nitrogen and oxygen atoms in total. The first kappa shape index (κ1) is 9.31. The van der Waals surface area contributed by atoms with Crippen LogP contribution in [0, 0.1) is 0 Å². The lowest BCUT2D eigenvalue weighted by molar-refractivity contribution is 1.11. The number of rotatable bonds is 3. The first-order chi connectivity index (χ1) is 5.35. The van der Waals surface area contributed by atoms with E-state index in [0.29, 0.717) is 2.74 Å². The molecule has 3 rings (SSSR count). The second-order valence-corrected chi connectivity index (χ2v) is 11.3. The van der Waals surface area contributed by atoms with Crippen LogP contribution in [-0.4, -0.2) is 17.5 Å². The van der Waals surface area contributed by atoms with Crippen LogP contribution in [0.25, 0.3) is 0 Å². The summed E-state index contributed by atoms with van der Waals surface area (Å²) in [5, 5.41) is 1.31. The zero-order valence-corrected chi connectivity index (χ0v) is 10.3. The van der Waals surface area contributed by atoms with Crippen molar-refractivity contribution in [2.45, 2.75) is 20.0 Å². The third-order valence-electron chi connectivity index (χ3n) is 1.40. The highest BCUT2D eigenvalue weighted by Gasteiger charge is 2.50. The maximum Gasteiger partial charge on any atom is 0.158 e. The van der Waals surface area contributed by atoms with E-state index in [1.54, 1.807) is 0 Å². The molecule has 0 spiro atoms. The summed E-state index contributed by atoms with van der Waals surface area (Å²) in [4.78, 5) is 0. The lowest BCUT2D eigenvalue weighted by Gasteiger charge is -2.48. The highest BCUT2D eigenvalue weighted by atomic mass is 32.4. The number of hydrogen-bond donors (Lipinski definition) is 0. The molecule has 0 aromatic carbocycles. The average Bonchev–Trinajstić information content (AvgIpc) is 2.01. The maximum atomic E-state index is 2.26. The lowest BCUT2D eigenvalue weighted by Crippen LogP contribution is -2.30. The van der Waals surface area contributed by atoms with Crippen LogP contribution in [0.4, 0.5) is 0 Å². The van der Waals surface area contributed by atoms with Gasteiger partial charge >= 0.3 is 0 Å². The third-order valence-corrected chi connectivity index (χ3v) is 10.8. The Balaban J connectivity index is 1.82. The third kappa shape index (κ3) is 1.98. The summed E-state index contributed by atoms with van der Waals surface area (Å²) >= 11 is 10.7. The zero-order valence-electron chi connectivity index (χ0n) is 6.24. The normalized spacial score (nSPS) is 41.7. The van der Waals surface area contributed by atoms with Crippen LogP contribution in [0.1, 0.15) is 13.3 Å². The fraction of sp³-hybridized carbons (Fsp3) is 1.00. The van der Waals surface area contributed by atoms with Crippen LogP contribution in [0.2, 0.25) is 0 Å². The Hall–Kier alpha value is 1.75. The molecule has 0 aliphatic carbocycles. The summed E-state index contributed by atoms with van der Waals surface area (Å²) in [6.07, 6.45) is 1.31. The molecule has 5 heteroatoms. The Morgan fingerprint density at radius 2 is 2.36 bits per heavy atom. The standard InChI is InChI=1S/C6H10S5/c1-2-3-8-6-9-4-7-5(10-6)11-6/h5H,2-4H2,1H3. The van der Waals surface area contributed by atoms with Gasteiger partial charge in [0.2, 0.25) is 0 Å². The molecule has 0 unspecified atom stereocenters. The fourth-order valence-corrected chi connectivity index (χ4v) is 13.1. The van der Waals surface area contributed by atoms with Crippen molar-refractivity contribution in [1.82, 2.24) is 0 Å². The van der Waals surface area contributed by atoms with E-state index in [9.17, 15) is 0 Å². The predicted octanol–water partition coefficient (Wildman–Crippen LogP) is 3.94. The lowest BCUT2D eigenvalue weighted by atomic mass is 10.6. The summed E-state index contributed by atoms with van der Waals surface area (Å²) in [6.45, 7) is 2.26. The van der Waals surface area contributed by atoms with Gasteiger partial charge in [-0.1, -0.05) is 30.4 Å². The molecule has 3 heterocycles. The maximum absolute atomic E-state index is 2.26. The fourth-order valence-electron chi connectivity index (χ4n) is 0.879. The topological polar surface area (TPSA) is 0 Å². The quantitative estimate of drug-likeness (QED) is 0.733.